The maximum Gasteiger partial charge on any atom is 0.223 e. The molecule has 4 N–H and O–H groups in total. The number of aliphatic hydroxyl groups excluding tert-OH is 1. The summed E-state index contributed by atoms with van der Waals surface area (Å²) in [5.74, 6) is -0.00930. The summed E-state index contributed by atoms with van der Waals surface area (Å²) in [6, 6.07) is -0.157. The van der Waals surface area contributed by atoms with Crippen molar-refractivity contribution < 1.29 is 14.6 Å². The SMILES string of the molecule is COCC(CO)NC(=O)C1CCC(N)C1. The average molecular weight is 216 g/mol. The molecule has 1 aliphatic carbocycles. The molecule has 0 heterocycles. The number of hydrogen-bond acceptors (Lipinski definition) is 4. The zero-order valence-corrected chi connectivity index (χ0v) is 9.11. The fraction of sp³-hybridized carbons (Fsp3) is 0.900. The maximum absolute atomic E-state index is 11.7. The Hall–Kier alpha value is -0.650. The molecular weight excluding hydrogens is 196 g/mol. The van der Waals surface area contributed by atoms with Crippen LogP contribution in [0, 0.1) is 5.92 Å². The van der Waals surface area contributed by atoms with Crippen LogP contribution < -0.4 is 11.1 Å². The molecule has 5 heteroatoms. The van der Waals surface area contributed by atoms with Crippen LogP contribution in [0.5, 0.6) is 0 Å². The fourth-order valence-electron chi connectivity index (χ4n) is 1.91. The Morgan fingerprint density at radius 1 is 1.67 bits per heavy atom. The Bertz CT molecular complexity index is 211. The normalized spacial score (nSPS) is 27.7. The summed E-state index contributed by atoms with van der Waals surface area (Å²) in [6.07, 6.45) is 2.50. The Kier molecular flexibility index (Phi) is 5.01. The molecule has 1 amide bonds. The number of rotatable bonds is 5. The summed E-state index contributed by atoms with van der Waals surface area (Å²) in [4.78, 5) is 11.7. The summed E-state index contributed by atoms with van der Waals surface area (Å²) in [5, 5.41) is 11.7. The van der Waals surface area contributed by atoms with Gasteiger partial charge in [0.2, 0.25) is 5.91 Å². The van der Waals surface area contributed by atoms with Crippen LogP contribution in [0.1, 0.15) is 19.3 Å². The lowest BCUT2D eigenvalue weighted by atomic mass is 10.1. The summed E-state index contributed by atoms with van der Waals surface area (Å²) in [6.45, 7) is 0.235. The van der Waals surface area contributed by atoms with Gasteiger partial charge in [-0.2, -0.15) is 0 Å². The standard InChI is InChI=1S/C10H20N2O3/c1-15-6-9(5-13)12-10(14)7-2-3-8(11)4-7/h7-9,13H,2-6,11H2,1H3,(H,12,14). The highest BCUT2D eigenvalue weighted by Gasteiger charge is 2.28. The van der Waals surface area contributed by atoms with Crippen molar-refractivity contribution in [3.05, 3.63) is 0 Å². The number of carbonyl (C=O) groups is 1. The minimum absolute atomic E-state index is 0.00547. The Morgan fingerprint density at radius 2 is 2.40 bits per heavy atom. The largest absolute Gasteiger partial charge is 0.394 e. The Balaban J connectivity index is 2.33. The lowest BCUT2D eigenvalue weighted by Crippen LogP contribution is -2.43. The Morgan fingerprint density at radius 3 is 2.87 bits per heavy atom. The van der Waals surface area contributed by atoms with Gasteiger partial charge in [0.25, 0.3) is 0 Å². The minimum atomic E-state index is -0.306. The van der Waals surface area contributed by atoms with E-state index in [4.69, 9.17) is 15.6 Å². The van der Waals surface area contributed by atoms with Crippen molar-refractivity contribution in [1.82, 2.24) is 5.32 Å². The Labute approximate surface area is 90.0 Å². The number of methoxy groups -OCH3 is 1. The molecule has 0 spiro atoms. The van der Waals surface area contributed by atoms with Gasteiger partial charge in [0.1, 0.15) is 0 Å². The molecule has 1 fully saturated rings. The molecule has 3 unspecified atom stereocenters. The highest BCUT2D eigenvalue weighted by Crippen LogP contribution is 2.24. The van der Waals surface area contributed by atoms with Crippen LogP contribution in [0.15, 0.2) is 0 Å². The molecular formula is C10H20N2O3. The third-order valence-electron chi connectivity index (χ3n) is 2.78. The van der Waals surface area contributed by atoms with Gasteiger partial charge in [-0.05, 0) is 19.3 Å². The molecule has 0 bridgehead atoms. The van der Waals surface area contributed by atoms with Crippen molar-refractivity contribution in [2.45, 2.75) is 31.3 Å². The highest BCUT2D eigenvalue weighted by atomic mass is 16.5. The molecule has 1 saturated carbocycles. The number of carbonyl (C=O) groups excluding carboxylic acids is 1. The van der Waals surface area contributed by atoms with Gasteiger partial charge in [-0.1, -0.05) is 0 Å². The first-order valence-corrected chi connectivity index (χ1v) is 5.33. The third kappa shape index (κ3) is 3.77. The first-order valence-electron chi connectivity index (χ1n) is 5.33. The molecule has 0 aromatic rings. The second-order valence-corrected chi connectivity index (χ2v) is 4.11. The second-order valence-electron chi connectivity index (χ2n) is 4.11. The van der Waals surface area contributed by atoms with Crippen LogP contribution in [-0.2, 0) is 9.53 Å². The van der Waals surface area contributed by atoms with Crippen LogP contribution in [-0.4, -0.2) is 43.4 Å². The van der Waals surface area contributed by atoms with Crippen LogP contribution in [0.4, 0.5) is 0 Å². The molecule has 5 nitrogen and oxygen atoms in total. The molecule has 1 aliphatic rings. The van der Waals surface area contributed by atoms with Gasteiger partial charge >= 0.3 is 0 Å². The van der Waals surface area contributed by atoms with Gasteiger partial charge < -0.3 is 20.9 Å². The highest BCUT2D eigenvalue weighted by molar-refractivity contribution is 5.79. The molecule has 0 saturated heterocycles. The molecule has 0 aromatic carbocycles. The van der Waals surface area contributed by atoms with Crippen molar-refractivity contribution in [1.29, 1.82) is 0 Å². The monoisotopic (exact) mass is 216 g/mol. The van der Waals surface area contributed by atoms with Crippen LogP contribution >= 0.6 is 0 Å². The number of aliphatic hydroxyl groups is 1. The number of ether oxygens (including phenoxy) is 1. The van der Waals surface area contributed by atoms with Crippen LogP contribution in [0.25, 0.3) is 0 Å². The average Bonchev–Trinajstić information content (AvgIpc) is 2.64. The van der Waals surface area contributed by atoms with Gasteiger partial charge in [-0.25, -0.2) is 0 Å². The summed E-state index contributed by atoms with van der Waals surface area (Å²) in [7, 11) is 1.54. The molecule has 1 rings (SSSR count). The van der Waals surface area contributed by atoms with E-state index in [2.05, 4.69) is 5.32 Å². The first-order chi connectivity index (χ1) is 7.17. The molecule has 88 valence electrons. The summed E-state index contributed by atoms with van der Waals surface area (Å²) >= 11 is 0. The van der Waals surface area contributed by atoms with Gasteiger partial charge in [0.15, 0.2) is 0 Å². The molecule has 15 heavy (non-hydrogen) atoms. The van der Waals surface area contributed by atoms with E-state index in [9.17, 15) is 4.79 Å². The van der Waals surface area contributed by atoms with E-state index in [1.165, 1.54) is 0 Å². The number of nitrogens with one attached hydrogen (secondary N) is 1. The third-order valence-corrected chi connectivity index (χ3v) is 2.78. The van der Waals surface area contributed by atoms with E-state index in [1.54, 1.807) is 7.11 Å². The molecule has 0 aromatic heterocycles. The fourth-order valence-corrected chi connectivity index (χ4v) is 1.91. The smallest absolute Gasteiger partial charge is 0.223 e. The predicted molar refractivity (Wildman–Crippen MR) is 56.2 cm³/mol. The van der Waals surface area contributed by atoms with Crippen molar-refractivity contribution >= 4 is 5.91 Å². The zero-order chi connectivity index (χ0) is 11.3. The number of nitrogens with two attached hydrogens (primary N) is 1. The van der Waals surface area contributed by atoms with Crippen molar-refractivity contribution in [2.75, 3.05) is 20.3 Å². The van der Waals surface area contributed by atoms with E-state index in [0.717, 1.165) is 19.3 Å². The van der Waals surface area contributed by atoms with Crippen molar-refractivity contribution in [2.24, 2.45) is 11.7 Å². The quantitative estimate of drug-likeness (QED) is 0.564. The molecule has 0 radical (unpaired) electrons. The van der Waals surface area contributed by atoms with Crippen molar-refractivity contribution in [3.8, 4) is 0 Å². The summed E-state index contributed by atoms with van der Waals surface area (Å²) in [5.41, 5.74) is 5.73. The molecule has 3 atom stereocenters. The lowest BCUT2D eigenvalue weighted by molar-refractivity contribution is -0.126. The van der Waals surface area contributed by atoms with Crippen LogP contribution in [0.3, 0.4) is 0 Å². The van der Waals surface area contributed by atoms with E-state index in [1.807, 2.05) is 0 Å². The van der Waals surface area contributed by atoms with E-state index >= 15 is 0 Å². The molecule has 0 aliphatic heterocycles. The van der Waals surface area contributed by atoms with Gasteiger partial charge in [0.05, 0.1) is 19.3 Å². The van der Waals surface area contributed by atoms with E-state index < -0.39 is 0 Å². The minimum Gasteiger partial charge on any atom is -0.394 e. The van der Waals surface area contributed by atoms with E-state index in [-0.39, 0.29) is 30.5 Å². The zero-order valence-electron chi connectivity index (χ0n) is 9.11. The summed E-state index contributed by atoms with van der Waals surface area (Å²) < 4.78 is 4.88. The lowest BCUT2D eigenvalue weighted by Gasteiger charge is -2.18. The number of hydrogen-bond donors (Lipinski definition) is 3. The first kappa shape index (κ1) is 12.4. The van der Waals surface area contributed by atoms with Gasteiger partial charge in [-0.3, -0.25) is 4.79 Å². The topological polar surface area (TPSA) is 84.6 Å². The van der Waals surface area contributed by atoms with Crippen molar-refractivity contribution in [3.63, 3.8) is 0 Å². The van der Waals surface area contributed by atoms with E-state index in [0.29, 0.717) is 6.61 Å². The van der Waals surface area contributed by atoms with Gasteiger partial charge in [-0.15, -0.1) is 0 Å². The van der Waals surface area contributed by atoms with Crippen LogP contribution in [0.2, 0.25) is 0 Å². The predicted octanol–water partition coefficient (Wildman–Crippen LogP) is -0.763. The van der Waals surface area contributed by atoms with Gasteiger partial charge in [0, 0.05) is 19.1 Å². The maximum atomic E-state index is 11.7. The second kappa shape index (κ2) is 6.05. The number of amides is 1.